The number of aromatic nitrogens is 3. The number of nitro benzene ring substituents is 1. The lowest BCUT2D eigenvalue weighted by atomic mass is 10.0. The van der Waals surface area contributed by atoms with Crippen LogP contribution in [0.1, 0.15) is 38.3 Å². The number of rotatable bonds is 6. The Hall–Kier alpha value is -2.48. The van der Waals surface area contributed by atoms with Crippen LogP contribution >= 0.6 is 0 Å². The highest BCUT2D eigenvalue weighted by Crippen LogP contribution is 2.29. The van der Waals surface area contributed by atoms with Crippen molar-refractivity contribution < 1.29 is 9.66 Å². The van der Waals surface area contributed by atoms with Crippen LogP contribution in [0.15, 0.2) is 30.9 Å². The lowest BCUT2D eigenvalue weighted by molar-refractivity contribution is -0.385. The summed E-state index contributed by atoms with van der Waals surface area (Å²) in [5.74, 6) is 0.721. The van der Waals surface area contributed by atoms with Gasteiger partial charge in [-0.2, -0.15) is 5.10 Å². The molecule has 8 heteroatoms. The second-order valence-electron chi connectivity index (χ2n) is 6.60. The molecule has 8 nitrogen and oxygen atoms in total. The molecular formula is C17H23N5O3. The largest absolute Gasteiger partial charge is 0.491 e. The van der Waals surface area contributed by atoms with E-state index < -0.39 is 0 Å². The molecule has 25 heavy (non-hydrogen) atoms. The summed E-state index contributed by atoms with van der Waals surface area (Å²) in [7, 11) is 0. The molecule has 134 valence electrons. The fourth-order valence-corrected chi connectivity index (χ4v) is 3.16. The van der Waals surface area contributed by atoms with Crippen LogP contribution in [-0.4, -0.2) is 43.8 Å². The number of nitro groups is 1. The van der Waals surface area contributed by atoms with Crippen LogP contribution in [-0.2, 0) is 6.54 Å². The van der Waals surface area contributed by atoms with Gasteiger partial charge in [0.15, 0.2) is 0 Å². The minimum Gasteiger partial charge on any atom is -0.491 e. The summed E-state index contributed by atoms with van der Waals surface area (Å²) >= 11 is 0. The third-order valence-electron chi connectivity index (χ3n) is 4.38. The first-order valence-corrected chi connectivity index (χ1v) is 8.53. The van der Waals surface area contributed by atoms with Crippen LogP contribution in [0.2, 0.25) is 0 Å². The normalized spacial score (nSPS) is 16.3. The molecule has 0 aliphatic carbocycles. The molecular weight excluding hydrogens is 322 g/mol. The van der Waals surface area contributed by atoms with Crippen molar-refractivity contribution in [2.75, 3.05) is 13.1 Å². The quantitative estimate of drug-likeness (QED) is 0.591. The van der Waals surface area contributed by atoms with Crippen LogP contribution in [0, 0.1) is 10.1 Å². The Kier molecular flexibility index (Phi) is 5.28. The zero-order chi connectivity index (χ0) is 17.8. The number of likely N-dealkylation sites (tertiary alicyclic amines) is 1. The van der Waals surface area contributed by atoms with E-state index in [9.17, 15) is 10.1 Å². The van der Waals surface area contributed by atoms with Crippen LogP contribution < -0.4 is 4.74 Å². The average molecular weight is 345 g/mol. The van der Waals surface area contributed by atoms with Gasteiger partial charge in [-0.1, -0.05) is 0 Å². The minimum atomic E-state index is -0.362. The predicted molar refractivity (Wildman–Crippen MR) is 92.4 cm³/mol. The Morgan fingerprint density at radius 1 is 1.36 bits per heavy atom. The number of piperidine rings is 1. The summed E-state index contributed by atoms with van der Waals surface area (Å²) in [6.45, 7) is 6.38. The maximum atomic E-state index is 11.1. The van der Waals surface area contributed by atoms with Crippen LogP contribution in [0.3, 0.4) is 0 Å². The van der Waals surface area contributed by atoms with Crippen molar-refractivity contribution in [1.29, 1.82) is 0 Å². The highest BCUT2D eigenvalue weighted by atomic mass is 16.6. The fraction of sp³-hybridized carbons (Fsp3) is 0.529. The molecule has 1 fully saturated rings. The van der Waals surface area contributed by atoms with Crippen molar-refractivity contribution in [3.8, 4) is 5.75 Å². The Balaban J connectivity index is 1.69. The lowest BCUT2D eigenvalue weighted by Crippen LogP contribution is -2.34. The third kappa shape index (κ3) is 4.33. The lowest BCUT2D eigenvalue weighted by Gasteiger charge is -2.32. The van der Waals surface area contributed by atoms with Crippen molar-refractivity contribution in [1.82, 2.24) is 19.7 Å². The molecule has 0 spiro atoms. The van der Waals surface area contributed by atoms with E-state index in [0.29, 0.717) is 12.6 Å². The van der Waals surface area contributed by atoms with Crippen molar-refractivity contribution in [2.45, 2.75) is 45.4 Å². The van der Waals surface area contributed by atoms with E-state index in [1.807, 2.05) is 18.5 Å². The van der Waals surface area contributed by atoms with Gasteiger partial charge in [0.2, 0.25) is 0 Å². The number of non-ortho nitro benzene ring substituents is 1. The van der Waals surface area contributed by atoms with E-state index in [0.717, 1.165) is 37.2 Å². The number of benzene rings is 1. The molecule has 1 aromatic carbocycles. The molecule has 2 aromatic rings. The van der Waals surface area contributed by atoms with Crippen LogP contribution in [0.5, 0.6) is 5.75 Å². The summed E-state index contributed by atoms with van der Waals surface area (Å²) in [5.41, 5.74) is 0.964. The van der Waals surface area contributed by atoms with Gasteiger partial charge in [0.25, 0.3) is 5.69 Å². The first-order chi connectivity index (χ1) is 12.0. The standard InChI is InChI=1S/C17H23N5O3/c1-13(2)25-17-4-3-16(22(23)24)9-14(17)10-20-7-5-15(6-8-20)21-12-18-11-19-21/h3-4,9,11-13,15H,5-8,10H2,1-2H3. The molecule has 1 aromatic heterocycles. The van der Waals surface area contributed by atoms with Crippen molar-refractivity contribution in [3.05, 3.63) is 46.5 Å². The predicted octanol–water partition coefficient (Wildman–Crippen LogP) is 2.81. The Bertz CT molecular complexity index is 709. The first-order valence-electron chi connectivity index (χ1n) is 8.53. The van der Waals surface area contributed by atoms with Crippen LogP contribution in [0.4, 0.5) is 5.69 Å². The highest BCUT2D eigenvalue weighted by molar-refractivity contribution is 5.44. The van der Waals surface area contributed by atoms with E-state index in [2.05, 4.69) is 15.0 Å². The molecule has 0 radical (unpaired) electrons. The molecule has 0 unspecified atom stereocenters. The van der Waals surface area contributed by atoms with Gasteiger partial charge in [-0.3, -0.25) is 15.0 Å². The van der Waals surface area contributed by atoms with Crippen molar-refractivity contribution in [2.24, 2.45) is 0 Å². The molecule has 1 aliphatic rings. The van der Waals surface area contributed by atoms with E-state index in [1.54, 1.807) is 24.8 Å². The monoisotopic (exact) mass is 345 g/mol. The molecule has 0 amide bonds. The summed E-state index contributed by atoms with van der Waals surface area (Å²) in [5, 5.41) is 15.3. The SMILES string of the molecule is CC(C)Oc1ccc([N+](=O)[O-])cc1CN1CCC(n2cncn2)CC1. The van der Waals surface area contributed by atoms with Gasteiger partial charge in [-0.15, -0.1) is 0 Å². The number of ether oxygens (including phenoxy) is 1. The molecule has 1 saturated heterocycles. The van der Waals surface area contributed by atoms with Crippen LogP contribution in [0.25, 0.3) is 0 Å². The number of nitrogens with zero attached hydrogens (tertiary/aromatic N) is 5. The van der Waals surface area contributed by atoms with Gasteiger partial charge in [-0.25, -0.2) is 9.67 Å². The van der Waals surface area contributed by atoms with Gasteiger partial charge < -0.3 is 4.74 Å². The van der Waals surface area contributed by atoms with Crippen molar-refractivity contribution >= 4 is 5.69 Å². The second kappa shape index (κ2) is 7.60. The van der Waals surface area contributed by atoms with Crippen molar-refractivity contribution in [3.63, 3.8) is 0 Å². The Morgan fingerprint density at radius 3 is 2.72 bits per heavy atom. The van der Waals surface area contributed by atoms with E-state index in [4.69, 9.17) is 4.74 Å². The zero-order valence-corrected chi connectivity index (χ0v) is 14.5. The Labute approximate surface area is 146 Å². The van der Waals surface area contributed by atoms with Gasteiger partial charge in [-0.05, 0) is 32.8 Å². The molecule has 0 bridgehead atoms. The molecule has 2 heterocycles. The maximum Gasteiger partial charge on any atom is 0.270 e. The summed E-state index contributed by atoms with van der Waals surface area (Å²) < 4.78 is 7.74. The fourth-order valence-electron chi connectivity index (χ4n) is 3.16. The van der Waals surface area contributed by atoms with Gasteiger partial charge in [0, 0.05) is 37.3 Å². The van der Waals surface area contributed by atoms with Gasteiger partial charge in [0.05, 0.1) is 17.1 Å². The molecule has 0 N–H and O–H groups in total. The molecule has 3 rings (SSSR count). The topological polar surface area (TPSA) is 86.3 Å². The number of hydrogen-bond acceptors (Lipinski definition) is 6. The first kappa shape index (κ1) is 17.3. The minimum absolute atomic E-state index is 0.0262. The van der Waals surface area contributed by atoms with Gasteiger partial charge in [0.1, 0.15) is 18.4 Å². The van der Waals surface area contributed by atoms with Gasteiger partial charge >= 0.3 is 0 Å². The smallest absolute Gasteiger partial charge is 0.270 e. The van der Waals surface area contributed by atoms with E-state index >= 15 is 0 Å². The van der Waals surface area contributed by atoms with E-state index in [1.165, 1.54) is 6.07 Å². The maximum absolute atomic E-state index is 11.1. The third-order valence-corrected chi connectivity index (χ3v) is 4.38. The molecule has 1 aliphatic heterocycles. The summed E-state index contributed by atoms with van der Waals surface area (Å²) in [6.07, 6.45) is 5.32. The second-order valence-corrected chi connectivity index (χ2v) is 6.60. The molecule has 0 saturated carbocycles. The zero-order valence-electron chi connectivity index (χ0n) is 14.5. The summed E-state index contributed by atoms with van der Waals surface area (Å²) in [4.78, 5) is 17.0. The Morgan fingerprint density at radius 2 is 2.12 bits per heavy atom. The molecule has 0 atom stereocenters. The number of hydrogen-bond donors (Lipinski definition) is 0. The highest BCUT2D eigenvalue weighted by Gasteiger charge is 2.23. The van der Waals surface area contributed by atoms with E-state index in [-0.39, 0.29) is 16.7 Å². The summed E-state index contributed by atoms with van der Waals surface area (Å²) in [6, 6.07) is 5.20. The average Bonchev–Trinajstić information content (AvgIpc) is 3.11.